The number of nitrogens with zero attached hydrogens (tertiary/aromatic N) is 3. The normalized spacial score (nSPS) is 18.4. The van der Waals surface area contributed by atoms with Crippen LogP contribution in [0.15, 0.2) is 47.1 Å². The van der Waals surface area contributed by atoms with Crippen LogP contribution in [0.3, 0.4) is 0 Å². The fourth-order valence-corrected chi connectivity index (χ4v) is 4.44. The van der Waals surface area contributed by atoms with Crippen LogP contribution in [0.2, 0.25) is 0 Å². The summed E-state index contributed by atoms with van der Waals surface area (Å²) in [7, 11) is -0.778. The molecule has 1 aliphatic rings. The first-order chi connectivity index (χ1) is 15.0. The van der Waals surface area contributed by atoms with E-state index in [4.69, 9.17) is 4.74 Å². The first-order valence-corrected chi connectivity index (χ1v) is 12.1. The van der Waals surface area contributed by atoms with E-state index in [0.717, 1.165) is 17.7 Å². The van der Waals surface area contributed by atoms with Crippen molar-refractivity contribution < 1.29 is 22.5 Å². The number of ether oxygens (including phenoxy) is 1. The average Bonchev–Trinajstić information content (AvgIpc) is 3.18. The maximum atomic E-state index is 14.3. The second-order valence-electron chi connectivity index (χ2n) is 7.98. The van der Waals surface area contributed by atoms with E-state index < -0.39 is 21.4 Å². The van der Waals surface area contributed by atoms with Crippen molar-refractivity contribution in [3.8, 4) is 11.6 Å². The zero-order valence-electron chi connectivity index (χ0n) is 17.9. The SMILES string of the molecule is CC1C(c2cc(N=S(C)(C)=O)cnc2Oc2ccc(F)cc2F)c2cc[nH]c2C(=O)N1C. The zero-order chi connectivity index (χ0) is 23.2. The molecule has 0 radical (unpaired) electrons. The summed E-state index contributed by atoms with van der Waals surface area (Å²) in [6.07, 6.45) is 6.07. The minimum atomic E-state index is -2.47. The summed E-state index contributed by atoms with van der Waals surface area (Å²) in [5, 5.41) is 0. The summed E-state index contributed by atoms with van der Waals surface area (Å²) >= 11 is 0. The molecule has 0 fully saturated rings. The first-order valence-electron chi connectivity index (χ1n) is 9.79. The number of halogens is 2. The molecule has 4 rings (SSSR count). The number of nitrogens with one attached hydrogen (secondary N) is 1. The number of hydrogen-bond acceptors (Lipinski definition) is 5. The van der Waals surface area contributed by atoms with Crippen LogP contribution in [0.5, 0.6) is 11.6 Å². The molecule has 7 nitrogen and oxygen atoms in total. The first kappa shape index (κ1) is 21.9. The van der Waals surface area contributed by atoms with Gasteiger partial charge in [-0.1, -0.05) is 0 Å². The van der Waals surface area contributed by atoms with Crippen molar-refractivity contribution in [2.24, 2.45) is 4.36 Å². The number of aromatic amines is 1. The van der Waals surface area contributed by atoms with Crippen LogP contribution in [-0.4, -0.2) is 50.6 Å². The van der Waals surface area contributed by atoms with Crippen LogP contribution in [0.1, 0.15) is 34.5 Å². The Balaban J connectivity index is 1.90. The maximum absolute atomic E-state index is 14.3. The molecule has 10 heteroatoms. The monoisotopic (exact) mass is 460 g/mol. The Morgan fingerprint density at radius 1 is 1.19 bits per heavy atom. The second-order valence-corrected chi connectivity index (χ2v) is 10.5. The van der Waals surface area contributed by atoms with Gasteiger partial charge in [0, 0.05) is 59.1 Å². The number of carbonyl (C=O) groups excluding carboxylic acids is 1. The number of fused-ring (bicyclic) bond motifs is 1. The van der Waals surface area contributed by atoms with Gasteiger partial charge in [0.2, 0.25) is 5.88 Å². The summed E-state index contributed by atoms with van der Waals surface area (Å²) in [4.78, 5) is 21.6. The van der Waals surface area contributed by atoms with E-state index in [1.54, 1.807) is 30.3 Å². The van der Waals surface area contributed by atoms with Gasteiger partial charge in [0.1, 0.15) is 11.5 Å². The Bertz CT molecular complexity index is 1320. The lowest BCUT2D eigenvalue weighted by Gasteiger charge is -2.37. The molecule has 1 N–H and O–H groups in total. The fraction of sp³-hybridized carbons (Fsp3) is 0.273. The lowest BCUT2D eigenvalue weighted by molar-refractivity contribution is 0.0698. The van der Waals surface area contributed by atoms with E-state index in [2.05, 4.69) is 14.3 Å². The van der Waals surface area contributed by atoms with Gasteiger partial charge in [0.15, 0.2) is 11.6 Å². The third kappa shape index (κ3) is 4.10. The Labute approximate surface area is 184 Å². The predicted molar refractivity (Wildman–Crippen MR) is 117 cm³/mol. The molecule has 1 amide bonds. The van der Waals surface area contributed by atoms with Gasteiger partial charge in [-0.15, -0.1) is 0 Å². The molecule has 0 saturated heterocycles. The number of hydrogen-bond donors (Lipinski definition) is 1. The van der Waals surface area contributed by atoms with Crippen LogP contribution in [0, 0.1) is 11.6 Å². The summed E-state index contributed by atoms with van der Waals surface area (Å²) in [6, 6.07) is 6.18. The van der Waals surface area contributed by atoms with Crippen molar-refractivity contribution >= 4 is 21.3 Å². The summed E-state index contributed by atoms with van der Waals surface area (Å²) in [5.74, 6) is -2.25. The summed E-state index contributed by atoms with van der Waals surface area (Å²) in [5.41, 5.74) is 2.07. The van der Waals surface area contributed by atoms with Gasteiger partial charge in [-0.3, -0.25) is 4.79 Å². The molecule has 3 heterocycles. The molecule has 3 aromatic rings. The number of amides is 1. The molecular weight excluding hydrogens is 438 g/mol. The third-order valence-corrected chi connectivity index (χ3v) is 6.02. The highest BCUT2D eigenvalue weighted by Gasteiger charge is 2.39. The van der Waals surface area contributed by atoms with Crippen LogP contribution in [0.25, 0.3) is 0 Å². The number of aromatic nitrogens is 2. The fourth-order valence-electron chi connectivity index (χ4n) is 3.83. The molecule has 32 heavy (non-hydrogen) atoms. The van der Waals surface area contributed by atoms with Gasteiger partial charge in [-0.05, 0) is 36.8 Å². The quantitative estimate of drug-likeness (QED) is 0.623. The highest BCUT2D eigenvalue weighted by atomic mass is 32.2. The molecular formula is C22H22F2N4O3S. The van der Waals surface area contributed by atoms with Gasteiger partial charge in [0.05, 0.1) is 11.9 Å². The minimum Gasteiger partial charge on any atom is -0.436 e. The Kier molecular flexibility index (Phi) is 5.49. The van der Waals surface area contributed by atoms with E-state index in [9.17, 15) is 17.8 Å². The molecule has 1 aliphatic heterocycles. The molecule has 2 atom stereocenters. The van der Waals surface area contributed by atoms with Crippen molar-refractivity contribution in [2.45, 2.75) is 18.9 Å². The largest absolute Gasteiger partial charge is 0.436 e. The van der Waals surface area contributed by atoms with Gasteiger partial charge >= 0.3 is 0 Å². The molecule has 0 aliphatic carbocycles. The molecule has 0 bridgehead atoms. The standard InChI is InChI=1S/C22H22F2N4O3S/c1-12-19(15-7-8-25-20(15)22(29)28(12)2)16-10-14(27-32(3,4)30)11-26-21(16)31-18-6-5-13(23)9-17(18)24/h5-12,19,25H,1-4H3. The topological polar surface area (TPSA) is 87.6 Å². The van der Waals surface area contributed by atoms with Crippen LogP contribution in [0.4, 0.5) is 14.5 Å². The number of rotatable bonds is 4. The number of likely N-dealkylation sites (N-methyl/N-ethyl adjacent to an activating group) is 1. The van der Waals surface area contributed by atoms with E-state index in [-0.39, 0.29) is 29.5 Å². The number of pyridine rings is 1. The highest BCUT2D eigenvalue weighted by molar-refractivity contribution is 7.92. The van der Waals surface area contributed by atoms with Crippen LogP contribution >= 0.6 is 0 Å². The van der Waals surface area contributed by atoms with Gasteiger partial charge in [-0.25, -0.2) is 18.0 Å². The van der Waals surface area contributed by atoms with E-state index >= 15 is 0 Å². The van der Waals surface area contributed by atoms with Crippen molar-refractivity contribution in [1.29, 1.82) is 0 Å². The molecule has 0 spiro atoms. The zero-order valence-corrected chi connectivity index (χ0v) is 18.7. The van der Waals surface area contributed by atoms with E-state index in [1.165, 1.54) is 24.8 Å². The van der Waals surface area contributed by atoms with E-state index in [1.807, 2.05) is 6.92 Å². The lowest BCUT2D eigenvalue weighted by atomic mass is 9.82. The smallest absolute Gasteiger partial charge is 0.270 e. The predicted octanol–water partition coefficient (Wildman–Crippen LogP) is 4.45. The molecule has 2 unspecified atom stereocenters. The van der Waals surface area contributed by atoms with Crippen molar-refractivity contribution in [3.63, 3.8) is 0 Å². The highest BCUT2D eigenvalue weighted by Crippen LogP contribution is 2.42. The maximum Gasteiger partial charge on any atom is 0.270 e. The van der Waals surface area contributed by atoms with Crippen molar-refractivity contribution in [3.05, 3.63) is 71.2 Å². The van der Waals surface area contributed by atoms with Crippen molar-refractivity contribution in [2.75, 3.05) is 19.6 Å². The van der Waals surface area contributed by atoms with Crippen LogP contribution in [-0.2, 0) is 9.73 Å². The number of carbonyl (C=O) groups is 1. The summed E-state index contributed by atoms with van der Waals surface area (Å²) < 4.78 is 49.8. The second kappa shape index (κ2) is 8.01. The average molecular weight is 461 g/mol. The molecule has 0 saturated carbocycles. The minimum absolute atomic E-state index is 0.0833. The Hall–Kier alpha value is -3.27. The Morgan fingerprint density at radius 2 is 1.94 bits per heavy atom. The summed E-state index contributed by atoms with van der Waals surface area (Å²) in [6.45, 7) is 1.88. The Morgan fingerprint density at radius 3 is 2.62 bits per heavy atom. The van der Waals surface area contributed by atoms with Crippen LogP contribution < -0.4 is 4.74 Å². The number of benzene rings is 1. The molecule has 168 valence electrons. The lowest BCUT2D eigenvalue weighted by Crippen LogP contribution is -2.44. The molecule has 1 aromatic carbocycles. The molecule has 2 aromatic heterocycles. The van der Waals surface area contributed by atoms with Gasteiger partial charge < -0.3 is 14.6 Å². The van der Waals surface area contributed by atoms with E-state index in [0.29, 0.717) is 16.9 Å². The number of H-pyrrole nitrogens is 1. The van der Waals surface area contributed by atoms with Gasteiger partial charge in [-0.2, -0.15) is 4.36 Å². The third-order valence-electron chi connectivity index (χ3n) is 5.37. The van der Waals surface area contributed by atoms with Crippen molar-refractivity contribution in [1.82, 2.24) is 14.9 Å². The van der Waals surface area contributed by atoms with Gasteiger partial charge in [0.25, 0.3) is 5.91 Å².